The minimum absolute atomic E-state index is 0.456. The van der Waals surface area contributed by atoms with Crippen LogP contribution in [0.2, 0.25) is 0 Å². The summed E-state index contributed by atoms with van der Waals surface area (Å²) < 4.78 is 21.6. The Hall–Kier alpha value is -2.01. The van der Waals surface area contributed by atoms with Crippen LogP contribution in [-0.2, 0) is 0 Å². The maximum atomic E-state index is 5.44. The summed E-state index contributed by atoms with van der Waals surface area (Å²) in [7, 11) is 6.68. The van der Waals surface area contributed by atoms with Gasteiger partial charge in [0, 0.05) is 11.0 Å². The van der Waals surface area contributed by atoms with Crippen LogP contribution in [-0.4, -0.2) is 34.2 Å². The van der Waals surface area contributed by atoms with E-state index in [0.717, 1.165) is 35.2 Å². The third-order valence-electron chi connectivity index (χ3n) is 4.66. The van der Waals surface area contributed by atoms with Gasteiger partial charge < -0.3 is 18.9 Å². The summed E-state index contributed by atoms with van der Waals surface area (Å²) >= 11 is 1.99. The lowest BCUT2D eigenvalue weighted by atomic mass is 9.93. The highest BCUT2D eigenvalue weighted by Gasteiger charge is 2.29. The lowest BCUT2D eigenvalue weighted by Gasteiger charge is -2.15. The molecule has 1 fully saturated rings. The predicted octanol–water partition coefficient (Wildman–Crippen LogP) is 4.68. The molecule has 1 saturated heterocycles. The lowest BCUT2D eigenvalue weighted by molar-refractivity contribution is 0.354. The number of benzene rings is 2. The zero-order chi connectivity index (χ0) is 17.8. The van der Waals surface area contributed by atoms with Gasteiger partial charge in [0.05, 0.1) is 28.4 Å². The first-order chi connectivity index (χ1) is 12.2. The van der Waals surface area contributed by atoms with Crippen LogP contribution in [0.4, 0.5) is 0 Å². The van der Waals surface area contributed by atoms with E-state index in [9.17, 15) is 0 Å². The summed E-state index contributed by atoms with van der Waals surface area (Å²) in [5, 5.41) is 0.456. The molecule has 0 bridgehead atoms. The molecule has 0 aromatic heterocycles. The van der Waals surface area contributed by atoms with E-state index < -0.39 is 0 Å². The van der Waals surface area contributed by atoms with Crippen LogP contribution < -0.4 is 18.9 Å². The Morgan fingerprint density at radius 3 is 1.80 bits per heavy atom. The first-order valence-electron chi connectivity index (χ1n) is 8.25. The zero-order valence-corrected chi connectivity index (χ0v) is 15.9. The van der Waals surface area contributed by atoms with Crippen LogP contribution in [0.1, 0.15) is 28.7 Å². The number of rotatable bonds is 6. The fraction of sp³-hybridized carbons (Fsp3) is 0.400. The Morgan fingerprint density at radius 2 is 1.24 bits per heavy atom. The third-order valence-corrected chi connectivity index (χ3v) is 6.12. The SMILES string of the molecule is COc1ccc(C2CSC(c3ccc(OC)c(OC)c3)C2)cc1OC. The average molecular weight is 360 g/mol. The Kier molecular flexibility index (Phi) is 5.63. The van der Waals surface area contributed by atoms with Gasteiger partial charge in [0.1, 0.15) is 0 Å². The Morgan fingerprint density at radius 1 is 0.720 bits per heavy atom. The Balaban J connectivity index is 1.78. The van der Waals surface area contributed by atoms with Gasteiger partial charge >= 0.3 is 0 Å². The molecule has 5 heteroatoms. The first kappa shape index (κ1) is 17.8. The van der Waals surface area contributed by atoms with Crippen molar-refractivity contribution in [2.24, 2.45) is 0 Å². The number of hydrogen-bond donors (Lipinski definition) is 0. The highest BCUT2D eigenvalue weighted by molar-refractivity contribution is 7.99. The van der Waals surface area contributed by atoms with Gasteiger partial charge in [-0.15, -0.1) is 0 Å². The minimum atomic E-state index is 0.456. The molecule has 134 valence electrons. The molecule has 25 heavy (non-hydrogen) atoms. The molecule has 1 aliphatic rings. The van der Waals surface area contributed by atoms with Crippen molar-refractivity contribution in [3.63, 3.8) is 0 Å². The third kappa shape index (κ3) is 3.66. The summed E-state index contributed by atoms with van der Waals surface area (Å²) in [4.78, 5) is 0. The monoisotopic (exact) mass is 360 g/mol. The van der Waals surface area contributed by atoms with Crippen LogP contribution in [0.5, 0.6) is 23.0 Å². The van der Waals surface area contributed by atoms with Crippen molar-refractivity contribution in [1.29, 1.82) is 0 Å². The van der Waals surface area contributed by atoms with E-state index >= 15 is 0 Å². The van der Waals surface area contributed by atoms with E-state index in [1.165, 1.54) is 11.1 Å². The second kappa shape index (κ2) is 7.91. The van der Waals surface area contributed by atoms with E-state index in [0.29, 0.717) is 11.2 Å². The van der Waals surface area contributed by atoms with E-state index in [-0.39, 0.29) is 0 Å². The molecular weight excluding hydrogens is 336 g/mol. The highest BCUT2D eigenvalue weighted by Crippen LogP contribution is 2.49. The van der Waals surface area contributed by atoms with Crippen molar-refractivity contribution in [2.75, 3.05) is 34.2 Å². The molecule has 0 N–H and O–H groups in total. The van der Waals surface area contributed by atoms with Gasteiger partial charge in [0.15, 0.2) is 23.0 Å². The summed E-state index contributed by atoms with van der Waals surface area (Å²) in [6.45, 7) is 0. The molecule has 4 nitrogen and oxygen atoms in total. The van der Waals surface area contributed by atoms with E-state index in [2.05, 4.69) is 24.3 Å². The molecular formula is C20H24O4S. The van der Waals surface area contributed by atoms with Gasteiger partial charge in [-0.05, 0) is 47.7 Å². The van der Waals surface area contributed by atoms with Crippen molar-refractivity contribution < 1.29 is 18.9 Å². The van der Waals surface area contributed by atoms with Crippen molar-refractivity contribution >= 4 is 11.8 Å². The first-order valence-corrected chi connectivity index (χ1v) is 9.30. The van der Waals surface area contributed by atoms with Gasteiger partial charge in [-0.2, -0.15) is 11.8 Å². The van der Waals surface area contributed by atoms with E-state index in [1.807, 2.05) is 23.9 Å². The van der Waals surface area contributed by atoms with Crippen LogP contribution >= 0.6 is 11.8 Å². The standard InChI is InChI=1S/C20H24O4S/c1-21-16-7-5-13(9-18(16)23-3)15-11-20(25-12-15)14-6-8-17(22-2)19(10-14)24-4/h5-10,15,20H,11-12H2,1-4H3. The second-order valence-corrected chi connectivity index (χ2v) is 7.22. The van der Waals surface area contributed by atoms with Gasteiger partial charge in [-0.25, -0.2) is 0 Å². The molecule has 1 aliphatic heterocycles. The summed E-state index contributed by atoms with van der Waals surface area (Å²) in [5.74, 6) is 4.71. The average Bonchev–Trinajstić information content (AvgIpc) is 3.17. The molecule has 0 radical (unpaired) electrons. The van der Waals surface area contributed by atoms with Gasteiger partial charge in [0.2, 0.25) is 0 Å². The van der Waals surface area contributed by atoms with Crippen molar-refractivity contribution in [3.8, 4) is 23.0 Å². The molecule has 0 amide bonds. The number of hydrogen-bond acceptors (Lipinski definition) is 5. The van der Waals surface area contributed by atoms with Crippen molar-refractivity contribution in [1.82, 2.24) is 0 Å². The minimum Gasteiger partial charge on any atom is -0.493 e. The quantitative estimate of drug-likeness (QED) is 0.747. The fourth-order valence-electron chi connectivity index (χ4n) is 3.25. The van der Waals surface area contributed by atoms with Crippen LogP contribution in [0.25, 0.3) is 0 Å². The van der Waals surface area contributed by atoms with Crippen LogP contribution in [0, 0.1) is 0 Å². The molecule has 2 aromatic rings. The summed E-state index contributed by atoms with van der Waals surface area (Å²) in [5.41, 5.74) is 2.58. The number of thioether (sulfide) groups is 1. The number of ether oxygens (including phenoxy) is 4. The van der Waals surface area contributed by atoms with Gasteiger partial charge in [0.25, 0.3) is 0 Å². The molecule has 0 saturated carbocycles. The summed E-state index contributed by atoms with van der Waals surface area (Å²) in [6.07, 6.45) is 1.09. The maximum absolute atomic E-state index is 5.44. The van der Waals surface area contributed by atoms with Gasteiger partial charge in [-0.1, -0.05) is 12.1 Å². The van der Waals surface area contributed by atoms with E-state index in [1.54, 1.807) is 28.4 Å². The smallest absolute Gasteiger partial charge is 0.161 e. The Labute approximate surface area is 153 Å². The normalized spacial score (nSPS) is 19.5. The largest absolute Gasteiger partial charge is 0.493 e. The van der Waals surface area contributed by atoms with Crippen molar-refractivity contribution in [2.45, 2.75) is 17.6 Å². The van der Waals surface area contributed by atoms with E-state index in [4.69, 9.17) is 18.9 Å². The second-order valence-electron chi connectivity index (χ2n) is 5.98. The molecule has 0 aliphatic carbocycles. The molecule has 1 heterocycles. The lowest BCUT2D eigenvalue weighted by Crippen LogP contribution is -2.00. The predicted molar refractivity (Wildman–Crippen MR) is 102 cm³/mol. The molecule has 2 atom stereocenters. The molecule has 0 spiro atoms. The van der Waals surface area contributed by atoms with Crippen LogP contribution in [0.3, 0.4) is 0 Å². The molecule has 2 aromatic carbocycles. The summed E-state index contributed by atoms with van der Waals surface area (Å²) in [6, 6.07) is 12.4. The van der Waals surface area contributed by atoms with Crippen molar-refractivity contribution in [3.05, 3.63) is 47.5 Å². The number of methoxy groups -OCH3 is 4. The highest BCUT2D eigenvalue weighted by atomic mass is 32.2. The maximum Gasteiger partial charge on any atom is 0.161 e. The fourth-order valence-corrected chi connectivity index (χ4v) is 4.75. The topological polar surface area (TPSA) is 36.9 Å². The van der Waals surface area contributed by atoms with Gasteiger partial charge in [-0.3, -0.25) is 0 Å². The zero-order valence-electron chi connectivity index (χ0n) is 15.1. The molecule has 2 unspecified atom stereocenters. The molecule has 3 rings (SSSR count). The van der Waals surface area contributed by atoms with Crippen LogP contribution in [0.15, 0.2) is 36.4 Å². The Bertz CT molecular complexity index is 670.